The Morgan fingerprint density at radius 1 is 1.43 bits per heavy atom. The van der Waals surface area contributed by atoms with Crippen molar-refractivity contribution < 1.29 is 9.72 Å². The van der Waals surface area contributed by atoms with Crippen molar-refractivity contribution in [2.24, 2.45) is 0 Å². The zero-order chi connectivity index (χ0) is 10.6. The van der Waals surface area contributed by atoms with Gasteiger partial charge in [0.15, 0.2) is 0 Å². The summed E-state index contributed by atoms with van der Waals surface area (Å²) in [5, 5.41) is 10.5. The third kappa shape index (κ3) is 2.16. The van der Waals surface area contributed by atoms with Gasteiger partial charge < -0.3 is 5.73 Å². The van der Waals surface area contributed by atoms with E-state index in [4.69, 9.17) is 5.73 Å². The minimum absolute atomic E-state index is 0.109. The van der Waals surface area contributed by atoms with Crippen LogP contribution >= 0.6 is 0 Å². The summed E-state index contributed by atoms with van der Waals surface area (Å²) in [6.45, 7) is 0. The van der Waals surface area contributed by atoms with Gasteiger partial charge in [-0.05, 0) is 17.7 Å². The lowest BCUT2D eigenvalue weighted by molar-refractivity contribution is -0.383. The van der Waals surface area contributed by atoms with Crippen molar-refractivity contribution in [1.82, 2.24) is 0 Å². The molecule has 0 aliphatic heterocycles. The van der Waals surface area contributed by atoms with E-state index in [0.29, 0.717) is 11.8 Å². The predicted octanol–water partition coefficient (Wildman–Crippen LogP) is 1.39. The number of allylic oxidation sites excluding steroid dienone is 1. The Bertz CT molecular complexity index is 399. The number of nitro groups is 1. The number of rotatable bonds is 3. The second-order valence-electron chi connectivity index (χ2n) is 2.57. The number of nitrogen functional groups attached to an aromatic ring is 1. The van der Waals surface area contributed by atoms with Gasteiger partial charge in [-0.1, -0.05) is 12.1 Å². The Hall–Kier alpha value is -2.17. The van der Waals surface area contributed by atoms with E-state index in [-0.39, 0.29) is 11.4 Å². The highest BCUT2D eigenvalue weighted by molar-refractivity contribution is 5.75. The number of benzene rings is 1. The maximum Gasteiger partial charge on any atom is 0.292 e. The normalized spacial score (nSPS) is 10.3. The van der Waals surface area contributed by atoms with Crippen LogP contribution in [0.2, 0.25) is 0 Å². The Labute approximate surface area is 80.0 Å². The van der Waals surface area contributed by atoms with Crippen LogP contribution in [0.3, 0.4) is 0 Å². The molecule has 72 valence electrons. The van der Waals surface area contributed by atoms with Crippen LogP contribution in [0, 0.1) is 10.1 Å². The number of nitrogens with two attached hydrogens (primary N) is 1. The lowest BCUT2D eigenvalue weighted by Gasteiger charge is -1.97. The van der Waals surface area contributed by atoms with Crippen molar-refractivity contribution in [2.75, 3.05) is 5.73 Å². The van der Waals surface area contributed by atoms with Crippen molar-refractivity contribution in [3.05, 3.63) is 40.0 Å². The molecule has 0 aromatic heterocycles. The van der Waals surface area contributed by atoms with E-state index in [1.165, 1.54) is 24.3 Å². The van der Waals surface area contributed by atoms with Crippen LogP contribution in [0.15, 0.2) is 24.3 Å². The predicted molar refractivity (Wildman–Crippen MR) is 52.6 cm³/mol. The van der Waals surface area contributed by atoms with E-state index in [1.807, 2.05) is 0 Å². The molecule has 0 radical (unpaired) electrons. The molecule has 0 bridgehead atoms. The number of carbonyl (C=O) groups is 1. The fourth-order valence-electron chi connectivity index (χ4n) is 0.973. The SMILES string of the molecule is Nc1ccc(C=CC=O)cc1[N+](=O)[O-]. The van der Waals surface area contributed by atoms with Crippen molar-refractivity contribution in [3.8, 4) is 0 Å². The minimum atomic E-state index is -0.562. The van der Waals surface area contributed by atoms with E-state index in [2.05, 4.69) is 0 Å². The fourth-order valence-corrected chi connectivity index (χ4v) is 0.973. The zero-order valence-corrected chi connectivity index (χ0v) is 7.21. The van der Waals surface area contributed by atoms with E-state index in [9.17, 15) is 14.9 Å². The first kappa shape index (κ1) is 9.91. The smallest absolute Gasteiger partial charge is 0.292 e. The number of anilines is 1. The highest BCUT2D eigenvalue weighted by Crippen LogP contribution is 2.22. The Kier molecular flexibility index (Phi) is 2.96. The largest absolute Gasteiger partial charge is 0.393 e. The number of nitrogens with zero attached hydrogens (tertiary/aromatic N) is 1. The van der Waals surface area contributed by atoms with E-state index >= 15 is 0 Å². The summed E-state index contributed by atoms with van der Waals surface area (Å²) in [6, 6.07) is 4.35. The van der Waals surface area contributed by atoms with Gasteiger partial charge in [-0.3, -0.25) is 14.9 Å². The van der Waals surface area contributed by atoms with Crippen LogP contribution in [0.5, 0.6) is 0 Å². The summed E-state index contributed by atoms with van der Waals surface area (Å²) in [5.41, 5.74) is 5.91. The molecule has 0 aliphatic carbocycles. The molecule has 0 aliphatic rings. The lowest BCUT2D eigenvalue weighted by Crippen LogP contribution is -1.95. The highest BCUT2D eigenvalue weighted by Gasteiger charge is 2.10. The quantitative estimate of drug-likeness (QED) is 0.258. The first-order valence-electron chi connectivity index (χ1n) is 3.81. The summed E-state index contributed by atoms with van der Waals surface area (Å²) < 4.78 is 0. The van der Waals surface area contributed by atoms with Crippen molar-refractivity contribution in [3.63, 3.8) is 0 Å². The first-order chi connectivity index (χ1) is 6.65. The Morgan fingerprint density at radius 3 is 2.71 bits per heavy atom. The monoisotopic (exact) mass is 192 g/mol. The third-order valence-corrected chi connectivity index (χ3v) is 1.62. The number of carbonyl (C=O) groups excluding carboxylic acids is 1. The maximum atomic E-state index is 10.5. The molecule has 0 saturated carbocycles. The zero-order valence-electron chi connectivity index (χ0n) is 7.21. The molecule has 5 nitrogen and oxygen atoms in total. The molecule has 1 aromatic carbocycles. The molecule has 1 aromatic rings. The summed E-state index contributed by atoms with van der Waals surface area (Å²) in [5.74, 6) is 0. The molecule has 0 unspecified atom stereocenters. The van der Waals surface area contributed by atoms with Crippen molar-refractivity contribution in [2.45, 2.75) is 0 Å². The first-order valence-corrected chi connectivity index (χ1v) is 3.81. The highest BCUT2D eigenvalue weighted by atomic mass is 16.6. The lowest BCUT2D eigenvalue weighted by atomic mass is 10.1. The van der Waals surface area contributed by atoms with Gasteiger partial charge in [-0.15, -0.1) is 0 Å². The minimum Gasteiger partial charge on any atom is -0.393 e. The van der Waals surface area contributed by atoms with E-state index in [0.717, 1.165) is 0 Å². The fraction of sp³-hybridized carbons (Fsp3) is 0. The summed E-state index contributed by atoms with van der Waals surface area (Å²) in [7, 11) is 0. The average Bonchev–Trinajstić information content (AvgIpc) is 2.16. The maximum absolute atomic E-state index is 10.5. The molecule has 0 spiro atoms. The molecule has 0 heterocycles. The van der Waals surface area contributed by atoms with Crippen LogP contribution in [0.25, 0.3) is 6.08 Å². The van der Waals surface area contributed by atoms with Crippen LogP contribution in [0.4, 0.5) is 11.4 Å². The van der Waals surface area contributed by atoms with Gasteiger partial charge in [0.2, 0.25) is 0 Å². The standard InChI is InChI=1S/C9H8N2O3/c10-8-4-3-7(2-1-5-12)6-9(8)11(13)14/h1-6H,10H2. The van der Waals surface area contributed by atoms with Crippen LogP contribution < -0.4 is 5.73 Å². The number of hydrogen-bond acceptors (Lipinski definition) is 4. The number of aldehydes is 1. The second-order valence-corrected chi connectivity index (χ2v) is 2.57. The molecule has 5 heteroatoms. The van der Waals surface area contributed by atoms with Crippen molar-refractivity contribution >= 4 is 23.7 Å². The molecule has 1 rings (SSSR count). The summed E-state index contributed by atoms with van der Waals surface area (Å²) in [6.07, 6.45) is 3.33. The van der Waals surface area contributed by atoms with Gasteiger partial charge in [0.1, 0.15) is 12.0 Å². The summed E-state index contributed by atoms with van der Waals surface area (Å²) >= 11 is 0. The number of nitro benzene ring substituents is 1. The van der Waals surface area contributed by atoms with Gasteiger partial charge in [0, 0.05) is 6.07 Å². The van der Waals surface area contributed by atoms with Gasteiger partial charge in [0.25, 0.3) is 5.69 Å². The molecule has 0 amide bonds. The van der Waals surface area contributed by atoms with Gasteiger partial charge in [-0.2, -0.15) is 0 Å². The van der Waals surface area contributed by atoms with Gasteiger partial charge in [0.05, 0.1) is 4.92 Å². The molecular weight excluding hydrogens is 184 g/mol. The van der Waals surface area contributed by atoms with Gasteiger partial charge >= 0.3 is 0 Å². The average molecular weight is 192 g/mol. The van der Waals surface area contributed by atoms with Gasteiger partial charge in [-0.25, -0.2) is 0 Å². The summed E-state index contributed by atoms with van der Waals surface area (Å²) in [4.78, 5) is 19.9. The molecule has 0 saturated heterocycles. The molecule has 2 N–H and O–H groups in total. The Balaban J connectivity index is 3.12. The third-order valence-electron chi connectivity index (χ3n) is 1.62. The molecule has 0 atom stereocenters. The van der Waals surface area contributed by atoms with E-state index in [1.54, 1.807) is 6.07 Å². The number of hydrogen-bond donors (Lipinski definition) is 1. The van der Waals surface area contributed by atoms with Crippen LogP contribution in [0.1, 0.15) is 5.56 Å². The van der Waals surface area contributed by atoms with Crippen molar-refractivity contribution in [1.29, 1.82) is 0 Å². The molecule has 0 fully saturated rings. The van der Waals surface area contributed by atoms with Crippen LogP contribution in [-0.4, -0.2) is 11.2 Å². The molecule has 14 heavy (non-hydrogen) atoms. The molecular formula is C9H8N2O3. The van der Waals surface area contributed by atoms with E-state index < -0.39 is 4.92 Å². The van der Waals surface area contributed by atoms with Crippen LogP contribution in [-0.2, 0) is 4.79 Å². The Morgan fingerprint density at radius 2 is 2.14 bits per heavy atom. The second kappa shape index (κ2) is 4.18. The topological polar surface area (TPSA) is 86.2 Å².